The third-order valence-corrected chi connectivity index (χ3v) is 8.38. The lowest BCUT2D eigenvalue weighted by molar-refractivity contribution is -0.147. The van der Waals surface area contributed by atoms with Crippen LogP contribution in [0, 0.1) is 11.8 Å². The van der Waals surface area contributed by atoms with Gasteiger partial charge in [0.05, 0.1) is 11.8 Å². The van der Waals surface area contributed by atoms with Crippen LogP contribution in [0.2, 0.25) is 0 Å². The van der Waals surface area contributed by atoms with Gasteiger partial charge in [-0.25, -0.2) is 0 Å². The van der Waals surface area contributed by atoms with Crippen LogP contribution in [-0.2, 0) is 19.8 Å². The maximum atomic E-state index is 14.1. The summed E-state index contributed by atoms with van der Waals surface area (Å²) in [6.07, 6.45) is 4.18. The van der Waals surface area contributed by atoms with E-state index < -0.39 is 11.6 Å². The number of carbonyl (C=O) groups excluding carboxylic acids is 3. The van der Waals surface area contributed by atoms with Gasteiger partial charge in [0.1, 0.15) is 6.04 Å². The van der Waals surface area contributed by atoms with Crippen molar-refractivity contribution in [3.8, 4) is 0 Å². The first kappa shape index (κ1) is 22.8. The van der Waals surface area contributed by atoms with Gasteiger partial charge in [0.15, 0.2) is 0 Å². The van der Waals surface area contributed by atoms with E-state index in [1.54, 1.807) is 6.92 Å². The molecule has 2 aliphatic heterocycles. The van der Waals surface area contributed by atoms with Crippen molar-refractivity contribution >= 4 is 23.4 Å². The highest BCUT2D eigenvalue weighted by Gasteiger charge is 2.54. The number of benzene rings is 2. The summed E-state index contributed by atoms with van der Waals surface area (Å²) in [5.41, 5.74) is 2.38. The first-order valence-electron chi connectivity index (χ1n) is 12.5. The van der Waals surface area contributed by atoms with Gasteiger partial charge in [-0.2, -0.15) is 0 Å². The number of imide groups is 1. The number of rotatable bonds is 3. The Hall–Kier alpha value is -2.95. The summed E-state index contributed by atoms with van der Waals surface area (Å²) in [5.74, 6) is -1.01. The Morgan fingerprint density at radius 2 is 1.44 bits per heavy atom. The molecular formula is C29H34N2O3. The van der Waals surface area contributed by atoms with E-state index >= 15 is 0 Å². The number of likely N-dealkylation sites (tertiary alicyclic amines) is 1. The Morgan fingerprint density at radius 3 is 2.06 bits per heavy atom. The summed E-state index contributed by atoms with van der Waals surface area (Å²) in [6, 6.07) is 17.7. The van der Waals surface area contributed by atoms with Crippen molar-refractivity contribution in [3.05, 3.63) is 65.7 Å². The van der Waals surface area contributed by atoms with E-state index in [0.29, 0.717) is 0 Å². The zero-order valence-corrected chi connectivity index (χ0v) is 20.6. The van der Waals surface area contributed by atoms with Crippen LogP contribution in [0.3, 0.4) is 0 Å². The Kier molecular flexibility index (Phi) is 5.42. The van der Waals surface area contributed by atoms with Crippen LogP contribution < -0.4 is 4.90 Å². The monoisotopic (exact) mass is 458 g/mol. The van der Waals surface area contributed by atoms with Gasteiger partial charge in [0.2, 0.25) is 11.8 Å². The lowest BCUT2D eigenvalue weighted by Crippen LogP contribution is -2.60. The molecule has 5 heteroatoms. The summed E-state index contributed by atoms with van der Waals surface area (Å²) in [5, 5.41) is 0. The van der Waals surface area contributed by atoms with Crippen molar-refractivity contribution in [1.29, 1.82) is 0 Å². The predicted octanol–water partition coefficient (Wildman–Crippen LogP) is 5.07. The van der Waals surface area contributed by atoms with Crippen molar-refractivity contribution in [2.75, 3.05) is 4.90 Å². The van der Waals surface area contributed by atoms with Gasteiger partial charge in [-0.3, -0.25) is 19.3 Å². The first-order valence-corrected chi connectivity index (χ1v) is 12.5. The fourth-order valence-electron chi connectivity index (χ4n) is 6.85. The molecule has 0 unspecified atom stereocenters. The minimum absolute atomic E-state index is 0.159. The van der Waals surface area contributed by atoms with Gasteiger partial charge in [0.25, 0.3) is 5.91 Å². The normalized spacial score (nSPS) is 28.9. The minimum atomic E-state index is -0.820. The quantitative estimate of drug-likeness (QED) is 0.604. The number of nitrogens with zero attached hydrogens (tertiary/aromatic N) is 2. The second-order valence-electron chi connectivity index (χ2n) is 11.1. The van der Waals surface area contributed by atoms with Crippen molar-refractivity contribution in [2.45, 2.75) is 76.8 Å². The van der Waals surface area contributed by atoms with Gasteiger partial charge in [0, 0.05) is 16.6 Å². The molecule has 2 aromatic rings. The first-order chi connectivity index (χ1) is 16.2. The average Bonchev–Trinajstić information content (AvgIpc) is 3.08. The van der Waals surface area contributed by atoms with Crippen molar-refractivity contribution < 1.29 is 14.4 Å². The molecule has 1 saturated heterocycles. The molecule has 3 aliphatic rings. The summed E-state index contributed by atoms with van der Waals surface area (Å²) < 4.78 is 0. The molecule has 0 bridgehead atoms. The fraction of sp³-hybridized carbons (Fsp3) is 0.483. The number of hydrogen-bond acceptors (Lipinski definition) is 3. The Bertz CT molecular complexity index is 1120. The van der Waals surface area contributed by atoms with Gasteiger partial charge < -0.3 is 4.90 Å². The predicted molar refractivity (Wildman–Crippen MR) is 132 cm³/mol. The van der Waals surface area contributed by atoms with Crippen LogP contribution in [-0.4, -0.2) is 34.2 Å². The number of hydrogen-bond donors (Lipinski definition) is 0. The smallest absolute Gasteiger partial charge is 0.250 e. The molecule has 2 fully saturated rings. The van der Waals surface area contributed by atoms with E-state index in [1.807, 2.05) is 29.2 Å². The van der Waals surface area contributed by atoms with Gasteiger partial charge in [-0.15, -0.1) is 0 Å². The lowest BCUT2D eigenvalue weighted by Gasteiger charge is -2.52. The molecule has 5 rings (SSSR count). The number of carbonyl (C=O) groups is 3. The number of anilines is 1. The molecule has 0 aromatic heterocycles. The van der Waals surface area contributed by atoms with Crippen LogP contribution in [0.25, 0.3) is 0 Å². The zero-order chi connectivity index (χ0) is 24.3. The number of amides is 3. The molecule has 178 valence electrons. The SMILES string of the molecule is C[C@H](C(=O)N1c2ccccc2[C@](C)(c2ccccc2)CC1(C)C)N1C(=O)[C@H]2CCCC[C@@H]2C1=O. The van der Waals surface area contributed by atoms with E-state index in [2.05, 4.69) is 51.1 Å². The van der Waals surface area contributed by atoms with Gasteiger partial charge in [-0.05, 0) is 57.2 Å². The average molecular weight is 459 g/mol. The molecule has 5 nitrogen and oxygen atoms in total. The van der Waals surface area contributed by atoms with Crippen LogP contribution in [0.1, 0.15) is 70.9 Å². The maximum Gasteiger partial charge on any atom is 0.250 e. The highest BCUT2D eigenvalue weighted by molar-refractivity contribution is 6.11. The Labute approximate surface area is 202 Å². The topological polar surface area (TPSA) is 57.7 Å². The largest absolute Gasteiger partial charge is 0.305 e. The number of fused-ring (bicyclic) bond motifs is 2. The summed E-state index contributed by atoms with van der Waals surface area (Å²) in [7, 11) is 0. The highest BCUT2D eigenvalue weighted by atomic mass is 16.2. The molecular weight excluding hydrogens is 424 g/mol. The zero-order valence-electron chi connectivity index (χ0n) is 20.6. The molecule has 3 amide bonds. The minimum Gasteiger partial charge on any atom is -0.305 e. The lowest BCUT2D eigenvalue weighted by atomic mass is 9.65. The molecule has 2 heterocycles. The highest BCUT2D eigenvalue weighted by Crippen LogP contribution is 2.51. The van der Waals surface area contributed by atoms with E-state index in [9.17, 15) is 14.4 Å². The molecule has 0 radical (unpaired) electrons. The van der Waals surface area contributed by atoms with Crippen molar-refractivity contribution in [3.63, 3.8) is 0 Å². The second kappa shape index (κ2) is 8.07. The molecule has 1 aliphatic carbocycles. The van der Waals surface area contributed by atoms with Gasteiger partial charge in [-0.1, -0.05) is 68.3 Å². The van der Waals surface area contributed by atoms with Gasteiger partial charge >= 0.3 is 0 Å². The Morgan fingerprint density at radius 1 is 0.882 bits per heavy atom. The van der Waals surface area contributed by atoms with E-state index in [-0.39, 0.29) is 35.0 Å². The van der Waals surface area contributed by atoms with Crippen molar-refractivity contribution in [2.24, 2.45) is 11.8 Å². The molecule has 34 heavy (non-hydrogen) atoms. The molecule has 0 N–H and O–H groups in total. The van der Waals surface area contributed by atoms with Crippen LogP contribution in [0.5, 0.6) is 0 Å². The van der Waals surface area contributed by atoms with Crippen LogP contribution in [0.15, 0.2) is 54.6 Å². The van der Waals surface area contributed by atoms with Crippen molar-refractivity contribution in [1.82, 2.24) is 4.90 Å². The third-order valence-electron chi connectivity index (χ3n) is 8.38. The second-order valence-corrected chi connectivity index (χ2v) is 11.1. The summed E-state index contributed by atoms with van der Waals surface area (Å²) in [4.78, 5) is 43.6. The van der Waals surface area contributed by atoms with Crippen LogP contribution >= 0.6 is 0 Å². The molecule has 2 aromatic carbocycles. The molecule has 4 atom stereocenters. The van der Waals surface area contributed by atoms with E-state index in [1.165, 1.54) is 10.5 Å². The van der Waals surface area contributed by atoms with Crippen LogP contribution in [0.4, 0.5) is 5.69 Å². The third kappa shape index (κ3) is 3.31. The number of para-hydroxylation sites is 1. The van der Waals surface area contributed by atoms with E-state index in [0.717, 1.165) is 43.4 Å². The standard InChI is InChI=1S/C29H34N2O3/c1-19(30-26(33)21-14-8-9-15-22(21)27(30)34)25(32)31-24-17-11-10-16-23(24)29(4,18-28(31,2)3)20-12-6-5-7-13-20/h5-7,10-13,16-17,19,21-22H,8-9,14-15,18H2,1-4H3/t19-,21+,22+,29+/m1/s1. The fourth-order valence-corrected chi connectivity index (χ4v) is 6.85. The van der Waals surface area contributed by atoms with E-state index in [4.69, 9.17) is 0 Å². The summed E-state index contributed by atoms with van der Waals surface area (Å²) >= 11 is 0. The maximum absolute atomic E-state index is 14.1. The molecule has 1 saturated carbocycles. The Balaban J connectivity index is 1.54. The summed E-state index contributed by atoms with van der Waals surface area (Å²) in [6.45, 7) is 8.13. The molecule has 0 spiro atoms.